The molecule has 1 N–H and O–H groups in total. The number of hydrazone groups is 1. The lowest BCUT2D eigenvalue weighted by Crippen LogP contribution is -2.55. The summed E-state index contributed by atoms with van der Waals surface area (Å²) in [5, 5.41) is 16.6. The average Bonchev–Trinajstić information content (AvgIpc) is 3.33. The smallest absolute Gasteiger partial charge is 0.438 e. The Morgan fingerprint density at radius 1 is 1.13 bits per heavy atom. The zero-order valence-electron chi connectivity index (χ0n) is 15.5. The number of ether oxygens (including phenoxy) is 1. The normalized spacial score (nSPS) is 19.1. The number of thiazole rings is 1. The Morgan fingerprint density at radius 3 is 2.50 bits per heavy atom. The van der Waals surface area contributed by atoms with Crippen molar-refractivity contribution in [1.29, 1.82) is 0 Å². The zero-order valence-corrected chi connectivity index (χ0v) is 16.3. The molecule has 0 fully saturated rings. The van der Waals surface area contributed by atoms with Crippen LogP contribution in [-0.2, 0) is 0 Å². The fraction of sp³-hybridized carbons (Fsp3) is 0.200. The highest BCUT2D eigenvalue weighted by atomic mass is 32.1. The van der Waals surface area contributed by atoms with Crippen molar-refractivity contribution in [2.75, 3.05) is 12.1 Å². The number of alkyl halides is 3. The van der Waals surface area contributed by atoms with Gasteiger partial charge in [0.05, 0.1) is 24.9 Å². The fourth-order valence-electron chi connectivity index (χ4n) is 3.12. The van der Waals surface area contributed by atoms with Gasteiger partial charge in [0, 0.05) is 16.5 Å². The molecule has 0 amide bonds. The van der Waals surface area contributed by atoms with E-state index in [0.29, 0.717) is 27.6 Å². The monoisotopic (exact) mass is 437 g/mol. The van der Waals surface area contributed by atoms with Crippen molar-refractivity contribution in [2.24, 2.45) is 5.10 Å². The summed E-state index contributed by atoms with van der Waals surface area (Å²) in [7, 11) is 1.40. The van der Waals surface area contributed by atoms with E-state index in [1.807, 2.05) is 0 Å². The molecule has 2 aromatic carbocycles. The Balaban J connectivity index is 1.77. The second-order valence-electron chi connectivity index (χ2n) is 6.57. The number of anilines is 1. The second-order valence-corrected chi connectivity index (χ2v) is 7.41. The Hall–Kier alpha value is -2.98. The SMILES string of the molecule is COc1ccccc1C1=NN(c2nc(-c3ccc(F)cc3)cs2)C(O)(C(F)(F)F)C1. The molecule has 0 saturated heterocycles. The molecule has 1 aromatic heterocycles. The molecule has 30 heavy (non-hydrogen) atoms. The molecular formula is C20H15F4N3O2S. The molecule has 10 heteroatoms. The van der Waals surface area contributed by atoms with E-state index in [2.05, 4.69) is 10.1 Å². The Kier molecular flexibility index (Phi) is 4.99. The Labute approximate surface area is 172 Å². The highest BCUT2D eigenvalue weighted by Gasteiger charge is 2.62. The van der Waals surface area contributed by atoms with Crippen LogP contribution in [0.4, 0.5) is 22.7 Å². The van der Waals surface area contributed by atoms with Gasteiger partial charge in [0.15, 0.2) is 0 Å². The lowest BCUT2D eigenvalue weighted by atomic mass is 10.0. The first-order valence-electron chi connectivity index (χ1n) is 8.74. The quantitative estimate of drug-likeness (QED) is 0.595. The van der Waals surface area contributed by atoms with Gasteiger partial charge in [-0.05, 0) is 36.4 Å². The van der Waals surface area contributed by atoms with Crippen LogP contribution in [0, 0.1) is 5.82 Å². The van der Waals surface area contributed by atoms with Crippen molar-refractivity contribution in [1.82, 2.24) is 4.98 Å². The fourth-order valence-corrected chi connectivity index (χ4v) is 3.96. The van der Waals surface area contributed by atoms with E-state index < -0.39 is 24.1 Å². The van der Waals surface area contributed by atoms with Crippen LogP contribution in [0.2, 0.25) is 0 Å². The van der Waals surface area contributed by atoms with Crippen molar-refractivity contribution >= 4 is 22.2 Å². The Morgan fingerprint density at radius 2 is 1.83 bits per heavy atom. The van der Waals surface area contributed by atoms with Crippen LogP contribution in [-0.4, -0.2) is 34.8 Å². The van der Waals surface area contributed by atoms with Gasteiger partial charge in [0.1, 0.15) is 11.6 Å². The topological polar surface area (TPSA) is 58.0 Å². The third-order valence-electron chi connectivity index (χ3n) is 4.67. The van der Waals surface area contributed by atoms with E-state index in [9.17, 15) is 22.7 Å². The molecular weight excluding hydrogens is 422 g/mol. The third-order valence-corrected chi connectivity index (χ3v) is 5.49. The van der Waals surface area contributed by atoms with Crippen molar-refractivity contribution in [3.8, 4) is 17.0 Å². The zero-order chi connectivity index (χ0) is 21.5. The number of hydrogen-bond donors (Lipinski definition) is 1. The molecule has 0 radical (unpaired) electrons. The molecule has 1 aliphatic heterocycles. The maximum absolute atomic E-state index is 13.9. The van der Waals surface area contributed by atoms with Crippen LogP contribution in [0.15, 0.2) is 59.0 Å². The lowest BCUT2D eigenvalue weighted by Gasteiger charge is -2.32. The van der Waals surface area contributed by atoms with Crippen molar-refractivity contribution in [3.63, 3.8) is 0 Å². The van der Waals surface area contributed by atoms with Gasteiger partial charge in [-0.15, -0.1) is 11.3 Å². The van der Waals surface area contributed by atoms with Gasteiger partial charge in [-0.3, -0.25) is 0 Å². The van der Waals surface area contributed by atoms with Gasteiger partial charge in [-0.1, -0.05) is 12.1 Å². The van der Waals surface area contributed by atoms with Gasteiger partial charge in [0.2, 0.25) is 5.13 Å². The van der Waals surface area contributed by atoms with E-state index in [-0.39, 0.29) is 10.8 Å². The molecule has 3 aromatic rings. The molecule has 1 unspecified atom stereocenters. The summed E-state index contributed by atoms with van der Waals surface area (Å²) in [4.78, 5) is 4.20. The van der Waals surface area contributed by atoms with E-state index >= 15 is 0 Å². The third kappa shape index (κ3) is 3.41. The van der Waals surface area contributed by atoms with Gasteiger partial charge in [-0.2, -0.15) is 23.3 Å². The molecule has 2 heterocycles. The highest BCUT2D eigenvalue weighted by Crippen LogP contribution is 2.45. The lowest BCUT2D eigenvalue weighted by molar-refractivity contribution is -0.254. The minimum atomic E-state index is -5.00. The molecule has 1 atom stereocenters. The molecule has 1 aliphatic rings. The average molecular weight is 437 g/mol. The highest BCUT2D eigenvalue weighted by molar-refractivity contribution is 7.14. The summed E-state index contributed by atoms with van der Waals surface area (Å²) in [6, 6.07) is 11.9. The number of rotatable bonds is 4. The van der Waals surface area contributed by atoms with Gasteiger partial charge < -0.3 is 9.84 Å². The molecule has 0 saturated carbocycles. The minimum absolute atomic E-state index is 0.0193. The first-order valence-corrected chi connectivity index (χ1v) is 9.62. The Bertz CT molecular complexity index is 1100. The maximum atomic E-state index is 13.9. The van der Waals surface area contributed by atoms with Crippen LogP contribution in [0.5, 0.6) is 5.75 Å². The van der Waals surface area contributed by atoms with Crippen LogP contribution >= 0.6 is 11.3 Å². The van der Waals surface area contributed by atoms with E-state index in [1.54, 1.807) is 24.3 Å². The number of hydrogen-bond acceptors (Lipinski definition) is 6. The number of halogens is 4. The standard InChI is InChI=1S/C20H15F4N3O2S/c1-29-17-5-3-2-4-14(17)15-10-19(28,20(22,23)24)27(26-15)18-25-16(11-30-18)12-6-8-13(21)9-7-12/h2-9,11,28H,10H2,1H3. The minimum Gasteiger partial charge on any atom is -0.496 e. The second kappa shape index (κ2) is 7.37. The largest absolute Gasteiger partial charge is 0.496 e. The van der Waals surface area contributed by atoms with Gasteiger partial charge in [0.25, 0.3) is 5.72 Å². The van der Waals surface area contributed by atoms with Crippen molar-refractivity contribution in [2.45, 2.75) is 18.3 Å². The predicted molar refractivity (Wildman–Crippen MR) is 105 cm³/mol. The van der Waals surface area contributed by atoms with E-state index in [4.69, 9.17) is 4.74 Å². The number of aliphatic hydroxyl groups is 1. The number of aromatic nitrogens is 1. The van der Waals surface area contributed by atoms with Crippen molar-refractivity contribution < 1.29 is 27.4 Å². The van der Waals surface area contributed by atoms with Crippen LogP contribution in [0.1, 0.15) is 12.0 Å². The number of benzene rings is 2. The van der Waals surface area contributed by atoms with Crippen LogP contribution in [0.3, 0.4) is 0 Å². The molecule has 0 aliphatic carbocycles. The molecule has 0 spiro atoms. The molecule has 156 valence electrons. The van der Waals surface area contributed by atoms with E-state index in [1.165, 1.54) is 36.8 Å². The first kappa shape index (κ1) is 20.3. The van der Waals surface area contributed by atoms with Gasteiger partial charge >= 0.3 is 6.18 Å². The summed E-state index contributed by atoms with van der Waals surface area (Å²) < 4.78 is 60.0. The van der Waals surface area contributed by atoms with Crippen molar-refractivity contribution in [3.05, 3.63) is 65.3 Å². The van der Waals surface area contributed by atoms with Crippen LogP contribution in [0.25, 0.3) is 11.3 Å². The summed E-state index contributed by atoms with van der Waals surface area (Å²) in [5.41, 5.74) is -2.02. The summed E-state index contributed by atoms with van der Waals surface area (Å²) in [5.74, 6) is -0.0972. The van der Waals surface area contributed by atoms with Crippen LogP contribution < -0.4 is 9.75 Å². The summed E-state index contributed by atoms with van der Waals surface area (Å²) >= 11 is 0.894. The number of para-hydroxylation sites is 1. The summed E-state index contributed by atoms with van der Waals surface area (Å²) in [6.07, 6.45) is -5.79. The van der Waals surface area contributed by atoms with E-state index in [0.717, 1.165) is 11.3 Å². The molecule has 5 nitrogen and oxygen atoms in total. The number of nitrogens with zero attached hydrogens (tertiary/aromatic N) is 3. The maximum Gasteiger partial charge on any atom is 0.438 e. The first-order chi connectivity index (χ1) is 14.2. The molecule has 4 rings (SSSR count). The van der Waals surface area contributed by atoms with Gasteiger partial charge in [-0.25, -0.2) is 9.37 Å². The molecule has 0 bridgehead atoms. The summed E-state index contributed by atoms with van der Waals surface area (Å²) in [6.45, 7) is 0. The predicted octanol–water partition coefficient (Wildman–Crippen LogP) is 4.82. The number of methoxy groups -OCH3 is 1.